The third-order valence-electron chi connectivity index (χ3n) is 4.56. The maximum atomic E-state index is 12.9. The average Bonchev–Trinajstić information content (AvgIpc) is 2.54. The van der Waals surface area contributed by atoms with Crippen molar-refractivity contribution in [3.05, 3.63) is 29.3 Å². The van der Waals surface area contributed by atoms with Gasteiger partial charge in [0.1, 0.15) is 5.41 Å². The van der Waals surface area contributed by atoms with Gasteiger partial charge < -0.3 is 10.6 Å². The molecule has 0 aliphatic heterocycles. The minimum atomic E-state index is -1.12. The molecule has 4 nitrogen and oxygen atoms in total. The summed E-state index contributed by atoms with van der Waals surface area (Å²) in [7, 11) is 0. The molecule has 0 unspecified atom stereocenters. The van der Waals surface area contributed by atoms with E-state index >= 15 is 0 Å². The summed E-state index contributed by atoms with van der Waals surface area (Å²) in [5, 5.41) is 5.92. The molecule has 0 saturated carbocycles. The normalized spacial score (nSPS) is 11.7. The quantitative estimate of drug-likeness (QED) is 0.524. The summed E-state index contributed by atoms with van der Waals surface area (Å²) >= 11 is 0. The van der Waals surface area contributed by atoms with Crippen molar-refractivity contribution in [2.75, 3.05) is 11.9 Å². The van der Waals surface area contributed by atoms with Crippen LogP contribution in [0, 0.1) is 5.41 Å². The van der Waals surface area contributed by atoms with Crippen LogP contribution in [0.3, 0.4) is 0 Å². The van der Waals surface area contributed by atoms with Crippen LogP contribution in [0.4, 0.5) is 5.69 Å². The fraction of sp³-hybridized carbons (Fsp3) is 0.619. The molecule has 0 spiro atoms. The molecule has 0 heterocycles. The second kappa shape index (κ2) is 9.02. The molecule has 0 saturated heterocycles. The Hall–Kier alpha value is -1.84. The van der Waals surface area contributed by atoms with Gasteiger partial charge in [0.2, 0.25) is 11.8 Å². The van der Waals surface area contributed by atoms with Gasteiger partial charge in [-0.15, -0.1) is 0 Å². The Morgan fingerprint density at radius 1 is 1.00 bits per heavy atom. The highest BCUT2D eigenvalue weighted by molar-refractivity contribution is 6.10. The third kappa shape index (κ3) is 5.32. The molecule has 1 rings (SSSR count). The first-order valence-corrected chi connectivity index (χ1v) is 9.35. The molecule has 0 aliphatic rings. The number of benzene rings is 1. The largest absolute Gasteiger partial charge is 0.355 e. The lowest BCUT2D eigenvalue weighted by Gasteiger charge is -2.26. The van der Waals surface area contributed by atoms with E-state index < -0.39 is 5.41 Å². The summed E-state index contributed by atoms with van der Waals surface area (Å²) < 4.78 is 0. The minimum Gasteiger partial charge on any atom is -0.355 e. The Bertz CT molecular complexity index is 578. The van der Waals surface area contributed by atoms with Crippen LogP contribution in [0.15, 0.2) is 18.2 Å². The number of rotatable bonds is 8. The van der Waals surface area contributed by atoms with Gasteiger partial charge in [0.05, 0.1) is 0 Å². The fourth-order valence-corrected chi connectivity index (χ4v) is 2.67. The van der Waals surface area contributed by atoms with Crippen molar-refractivity contribution in [1.82, 2.24) is 5.32 Å². The SMILES string of the molecule is CCCCNC(=O)C(C)(C)C(=O)Nc1c(C(C)C)cccc1C(C)C. The van der Waals surface area contributed by atoms with Crippen molar-refractivity contribution in [2.24, 2.45) is 5.41 Å². The average molecular weight is 347 g/mol. The second-order valence-corrected chi connectivity index (χ2v) is 7.81. The molecule has 2 N–H and O–H groups in total. The molecule has 1 aromatic rings. The van der Waals surface area contributed by atoms with Gasteiger partial charge in [-0.05, 0) is 43.2 Å². The molecular formula is C21H34N2O2. The highest BCUT2D eigenvalue weighted by atomic mass is 16.2. The van der Waals surface area contributed by atoms with Crippen LogP contribution in [0.25, 0.3) is 0 Å². The zero-order chi connectivity index (χ0) is 19.2. The number of nitrogens with one attached hydrogen (secondary N) is 2. The van der Waals surface area contributed by atoms with E-state index in [0.717, 1.165) is 29.7 Å². The maximum absolute atomic E-state index is 12.9. The summed E-state index contributed by atoms with van der Waals surface area (Å²) in [6.45, 7) is 14.5. The van der Waals surface area contributed by atoms with Crippen LogP contribution in [0.2, 0.25) is 0 Å². The van der Waals surface area contributed by atoms with E-state index in [4.69, 9.17) is 0 Å². The summed E-state index contributed by atoms with van der Waals surface area (Å²) in [5.74, 6) is 0.0778. The first kappa shape index (κ1) is 21.2. The smallest absolute Gasteiger partial charge is 0.239 e. The number of carbonyl (C=O) groups is 2. The van der Waals surface area contributed by atoms with E-state index in [-0.39, 0.29) is 23.7 Å². The van der Waals surface area contributed by atoms with Crippen LogP contribution in [-0.2, 0) is 9.59 Å². The molecular weight excluding hydrogens is 312 g/mol. The van der Waals surface area contributed by atoms with Crippen molar-refractivity contribution in [3.63, 3.8) is 0 Å². The van der Waals surface area contributed by atoms with Gasteiger partial charge in [0, 0.05) is 12.2 Å². The van der Waals surface area contributed by atoms with E-state index in [0.29, 0.717) is 6.54 Å². The van der Waals surface area contributed by atoms with Crippen LogP contribution in [0.1, 0.15) is 84.3 Å². The van der Waals surface area contributed by atoms with Crippen molar-refractivity contribution < 1.29 is 9.59 Å². The summed E-state index contributed by atoms with van der Waals surface area (Å²) in [6, 6.07) is 6.11. The predicted octanol–water partition coefficient (Wildman–Crippen LogP) is 4.81. The number of carbonyl (C=O) groups excluding carboxylic acids is 2. The Balaban J connectivity index is 3.08. The van der Waals surface area contributed by atoms with Gasteiger partial charge in [-0.25, -0.2) is 0 Å². The monoisotopic (exact) mass is 346 g/mol. The lowest BCUT2D eigenvalue weighted by molar-refractivity contribution is -0.138. The van der Waals surface area contributed by atoms with E-state index in [1.54, 1.807) is 13.8 Å². The summed E-state index contributed by atoms with van der Waals surface area (Å²) in [6.07, 6.45) is 1.92. The van der Waals surface area contributed by atoms with Gasteiger partial charge >= 0.3 is 0 Å². The number of anilines is 1. The first-order valence-electron chi connectivity index (χ1n) is 9.35. The molecule has 2 amide bonds. The lowest BCUT2D eigenvalue weighted by atomic mass is 9.88. The number of hydrogen-bond acceptors (Lipinski definition) is 2. The first-order chi connectivity index (χ1) is 11.6. The van der Waals surface area contributed by atoms with Crippen molar-refractivity contribution in [2.45, 2.75) is 73.1 Å². The molecule has 4 heteroatoms. The minimum absolute atomic E-state index is 0.230. The van der Waals surface area contributed by atoms with Gasteiger partial charge in [0.15, 0.2) is 0 Å². The molecule has 0 fully saturated rings. The van der Waals surface area contributed by atoms with E-state index in [2.05, 4.69) is 45.3 Å². The van der Waals surface area contributed by atoms with Gasteiger partial charge in [-0.2, -0.15) is 0 Å². The molecule has 1 aromatic carbocycles. The lowest BCUT2D eigenvalue weighted by Crippen LogP contribution is -2.45. The van der Waals surface area contributed by atoms with Crippen molar-refractivity contribution >= 4 is 17.5 Å². The predicted molar refractivity (Wildman–Crippen MR) is 105 cm³/mol. The molecule has 0 bridgehead atoms. The second-order valence-electron chi connectivity index (χ2n) is 7.81. The zero-order valence-corrected chi connectivity index (χ0v) is 16.8. The number of unbranched alkanes of at least 4 members (excludes halogenated alkanes) is 1. The fourth-order valence-electron chi connectivity index (χ4n) is 2.67. The van der Waals surface area contributed by atoms with Crippen LogP contribution in [-0.4, -0.2) is 18.4 Å². The number of para-hydroxylation sites is 1. The highest BCUT2D eigenvalue weighted by Crippen LogP contribution is 2.33. The van der Waals surface area contributed by atoms with Crippen LogP contribution >= 0.6 is 0 Å². The topological polar surface area (TPSA) is 58.2 Å². The van der Waals surface area contributed by atoms with Gasteiger partial charge in [0.25, 0.3) is 0 Å². The van der Waals surface area contributed by atoms with E-state index in [9.17, 15) is 9.59 Å². The van der Waals surface area contributed by atoms with Crippen molar-refractivity contribution in [3.8, 4) is 0 Å². The van der Waals surface area contributed by atoms with Crippen LogP contribution < -0.4 is 10.6 Å². The third-order valence-corrected chi connectivity index (χ3v) is 4.56. The maximum Gasteiger partial charge on any atom is 0.239 e. The zero-order valence-electron chi connectivity index (χ0n) is 16.8. The standard InChI is InChI=1S/C21H34N2O2/c1-8-9-13-22-19(24)21(6,7)20(25)23-18-16(14(2)3)11-10-12-17(18)15(4)5/h10-12,14-15H,8-9,13H2,1-7H3,(H,22,24)(H,23,25). The molecule has 140 valence electrons. The number of amides is 2. The Kier molecular flexibility index (Phi) is 7.65. The molecule has 0 aromatic heterocycles. The van der Waals surface area contributed by atoms with Crippen LogP contribution in [0.5, 0.6) is 0 Å². The van der Waals surface area contributed by atoms with E-state index in [1.165, 1.54) is 0 Å². The van der Waals surface area contributed by atoms with Gasteiger partial charge in [-0.1, -0.05) is 59.2 Å². The van der Waals surface area contributed by atoms with Crippen molar-refractivity contribution in [1.29, 1.82) is 0 Å². The highest BCUT2D eigenvalue weighted by Gasteiger charge is 2.36. The molecule has 0 radical (unpaired) electrons. The number of hydrogen-bond donors (Lipinski definition) is 2. The summed E-state index contributed by atoms with van der Waals surface area (Å²) in [5.41, 5.74) is 1.93. The van der Waals surface area contributed by atoms with E-state index in [1.807, 2.05) is 18.2 Å². The Labute approximate surface area is 152 Å². The van der Waals surface area contributed by atoms with Gasteiger partial charge in [-0.3, -0.25) is 9.59 Å². The molecule has 0 aliphatic carbocycles. The Morgan fingerprint density at radius 3 is 1.96 bits per heavy atom. The molecule has 25 heavy (non-hydrogen) atoms. The molecule has 0 atom stereocenters. The Morgan fingerprint density at radius 2 is 1.52 bits per heavy atom. The summed E-state index contributed by atoms with van der Waals surface area (Å²) in [4.78, 5) is 25.3.